The zero-order chi connectivity index (χ0) is 18.2. The summed E-state index contributed by atoms with van der Waals surface area (Å²) in [4.78, 5) is 4.11. The second-order valence-corrected chi connectivity index (χ2v) is 9.04. The van der Waals surface area contributed by atoms with Crippen LogP contribution in [-0.2, 0) is 10.0 Å². The first-order valence-electron chi connectivity index (χ1n) is 6.97. The second-order valence-electron chi connectivity index (χ2n) is 5.10. The number of halogens is 2. The van der Waals surface area contributed by atoms with Crippen LogP contribution in [0.2, 0.25) is 8.67 Å². The number of ether oxygens (including phenoxy) is 1. The molecule has 0 spiro atoms. The van der Waals surface area contributed by atoms with Crippen LogP contribution in [0.3, 0.4) is 0 Å². The van der Waals surface area contributed by atoms with Crippen molar-refractivity contribution in [3.05, 3.63) is 51.2 Å². The summed E-state index contributed by atoms with van der Waals surface area (Å²) in [6.45, 7) is 1.88. The molecule has 10 heteroatoms. The van der Waals surface area contributed by atoms with E-state index in [0.717, 1.165) is 22.7 Å². The SMILES string of the molecule is COc1cc(NS(=O)(=O)c2cc(Cl)sc2Cl)ccc1-n1cnc(C)c1. The molecule has 0 aliphatic heterocycles. The van der Waals surface area contributed by atoms with E-state index >= 15 is 0 Å². The molecule has 0 unspecified atom stereocenters. The van der Waals surface area contributed by atoms with Gasteiger partial charge in [0, 0.05) is 12.3 Å². The average molecular weight is 418 g/mol. The molecule has 0 aliphatic carbocycles. The van der Waals surface area contributed by atoms with E-state index in [4.69, 9.17) is 27.9 Å². The van der Waals surface area contributed by atoms with E-state index < -0.39 is 10.0 Å². The smallest absolute Gasteiger partial charge is 0.264 e. The Morgan fingerprint density at radius 2 is 2.04 bits per heavy atom. The maximum atomic E-state index is 12.5. The normalized spacial score (nSPS) is 11.5. The minimum absolute atomic E-state index is 0.0579. The van der Waals surface area contributed by atoms with Gasteiger partial charge in [-0.3, -0.25) is 4.72 Å². The monoisotopic (exact) mass is 417 g/mol. The second kappa shape index (κ2) is 6.87. The predicted molar refractivity (Wildman–Crippen MR) is 100 cm³/mol. The van der Waals surface area contributed by atoms with Gasteiger partial charge in [-0.25, -0.2) is 13.4 Å². The number of benzene rings is 1. The number of nitrogens with zero attached hydrogens (tertiary/aromatic N) is 2. The Balaban J connectivity index is 1.95. The zero-order valence-electron chi connectivity index (χ0n) is 13.2. The van der Waals surface area contributed by atoms with E-state index in [1.807, 2.05) is 13.1 Å². The molecule has 6 nitrogen and oxygen atoms in total. The summed E-state index contributed by atoms with van der Waals surface area (Å²) < 4.78 is 35.0. The minimum Gasteiger partial charge on any atom is -0.494 e. The number of imidazole rings is 1. The first-order chi connectivity index (χ1) is 11.8. The van der Waals surface area contributed by atoms with E-state index in [1.165, 1.54) is 13.2 Å². The molecule has 25 heavy (non-hydrogen) atoms. The summed E-state index contributed by atoms with van der Waals surface area (Å²) in [5.41, 5.74) is 1.94. The Hall–Kier alpha value is -1.74. The van der Waals surface area contributed by atoms with Crippen LogP contribution in [0.4, 0.5) is 5.69 Å². The first-order valence-corrected chi connectivity index (χ1v) is 10.0. The summed E-state index contributed by atoms with van der Waals surface area (Å²) in [6, 6.07) is 6.27. The van der Waals surface area contributed by atoms with Gasteiger partial charge in [0.2, 0.25) is 0 Å². The first kappa shape index (κ1) is 18.1. The largest absolute Gasteiger partial charge is 0.494 e. The van der Waals surface area contributed by atoms with Crippen LogP contribution in [0.15, 0.2) is 41.7 Å². The number of anilines is 1. The van der Waals surface area contributed by atoms with Crippen LogP contribution in [0.5, 0.6) is 5.75 Å². The van der Waals surface area contributed by atoms with E-state index in [1.54, 1.807) is 29.1 Å². The third kappa shape index (κ3) is 3.77. The van der Waals surface area contributed by atoms with Crippen LogP contribution in [0, 0.1) is 6.92 Å². The fraction of sp³-hybridized carbons (Fsp3) is 0.133. The highest BCUT2D eigenvalue weighted by atomic mass is 35.5. The molecule has 0 saturated heterocycles. The number of aryl methyl sites for hydroxylation is 1. The third-order valence-electron chi connectivity index (χ3n) is 3.34. The Kier molecular flexibility index (Phi) is 4.97. The lowest BCUT2D eigenvalue weighted by Crippen LogP contribution is -2.12. The molecule has 0 amide bonds. The van der Waals surface area contributed by atoms with E-state index in [0.29, 0.717) is 15.8 Å². The fourth-order valence-corrected chi connectivity index (χ4v) is 5.43. The minimum atomic E-state index is -3.85. The average Bonchev–Trinajstić information content (AvgIpc) is 3.12. The number of hydrogen-bond acceptors (Lipinski definition) is 5. The quantitative estimate of drug-likeness (QED) is 0.668. The van der Waals surface area contributed by atoms with Gasteiger partial charge in [-0.1, -0.05) is 23.2 Å². The van der Waals surface area contributed by atoms with Gasteiger partial charge < -0.3 is 9.30 Å². The third-order valence-corrected chi connectivity index (χ3v) is 6.47. The number of methoxy groups -OCH3 is 1. The van der Waals surface area contributed by atoms with Gasteiger partial charge in [0.25, 0.3) is 10.0 Å². The van der Waals surface area contributed by atoms with Gasteiger partial charge in [0.05, 0.1) is 34.8 Å². The highest BCUT2D eigenvalue weighted by molar-refractivity contribution is 7.93. The predicted octanol–water partition coefficient (Wildman–Crippen LogP) is 4.36. The summed E-state index contributed by atoms with van der Waals surface area (Å²) in [5.74, 6) is 0.493. The Labute approximate surface area is 159 Å². The van der Waals surface area contributed by atoms with Crippen molar-refractivity contribution in [3.8, 4) is 11.4 Å². The lowest BCUT2D eigenvalue weighted by Gasteiger charge is -2.12. The molecule has 0 fully saturated rings. The maximum absolute atomic E-state index is 12.5. The standard InChI is InChI=1S/C15H13Cl2N3O3S2/c1-9-7-20(8-18-9)11-4-3-10(5-12(11)23-2)19-25(21,22)13-6-14(16)24-15(13)17/h3-8,19H,1-2H3. The number of rotatable bonds is 5. The van der Waals surface area contributed by atoms with Gasteiger partial charge in [-0.05, 0) is 25.1 Å². The lowest BCUT2D eigenvalue weighted by molar-refractivity contribution is 0.413. The van der Waals surface area contributed by atoms with E-state index in [-0.39, 0.29) is 9.23 Å². The zero-order valence-corrected chi connectivity index (χ0v) is 16.3. The Morgan fingerprint density at radius 3 is 2.60 bits per heavy atom. The van der Waals surface area contributed by atoms with Crippen molar-refractivity contribution in [1.82, 2.24) is 9.55 Å². The Bertz CT molecular complexity index is 1030. The van der Waals surface area contributed by atoms with Crippen LogP contribution in [0.1, 0.15) is 5.69 Å². The van der Waals surface area contributed by atoms with Gasteiger partial charge in [0.1, 0.15) is 15.0 Å². The maximum Gasteiger partial charge on any atom is 0.264 e. The molecule has 1 N–H and O–H groups in total. The molecule has 3 rings (SSSR count). The van der Waals surface area contributed by atoms with Crippen molar-refractivity contribution in [2.24, 2.45) is 0 Å². The number of sulfonamides is 1. The van der Waals surface area contributed by atoms with Crippen LogP contribution < -0.4 is 9.46 Å². The summed E-state index contributed by atoms with van der Waals surface area (Å²) >= 11 is 12.8. The van der Waals surface area contributed by atoms with Crippen molar-refractivity contribution in [2.75, 3.05) is 11.8 Å². The highest BCUT2D eigenvalue weighted by Gasteiger charge is 2.21. The van der Waals surface area contributed by atoms with Gasteiger partial charge in [-0.15, -0.1) is 11.3 Å². The van der Waals surface area contributed by atoms with Crippen molar-refractivity contribution in [1.29, 1.82) is 0 Å². The molecule has 0 saturated carbocycles. The van der Waals surface area contributed by atoms with Gasteiger partial charge in [0.15, 0.2) is 0 Å². The van der Waals surface area contributed by atoms with Crippen molar-refractivity contribution in [3.63, 3.8) is 0 Å². The molecule has 0 radical (unpaired) electrons. The molecule has 0 bridgehead atoms. The van der Waals surface area contributed by atoms with Gasteiger partial charge >= 0.3 is 0 Å². The number of nitrogens with one attached hydrogen (secondary N) is 1. The fourth-order valence-electron chi connectivity index (χ4n) is 2.23. The lowest BCUT2D eigenvalue weighted by atomic mass is 10.2. The number of aromatic nitrogens is 2. The topological polar surface area (TPSA) is 73.2 Å². The number of thiophene rings is 1. The summed E-state index contributed by atoms with van der Waals surface area (Å²) in [7, 11) is -2.34. The van der Waals surface area contributed by atoms with Crippen LogP contribution in [0.25, 0.3) is 5.69 Å². The van der Waals surface area contributed by atoms with Crippen molar-refractivity contribution < 1.29 is 13.2 Å². The molecule has 2 heterocycles. The van der Waals surface area contributed by atoms with Crippen molar-refractivity contribution >= 4 is 50.2 Å². The van der Waals surface area contributed by atoms with E-state index in [9.17, 15) is 8.42 Å². The molecule has 132 valence electrons. The molecule has 3 aromatic rings. The molecular formula is C15H13Cl2N3O3S2. The summed E-state index contributed by atoms with van der Waals surface area (Å²) in [6.07, 6.45) is 3.50. The van der Waals surface area contributed by atoms with Crippen LogP contribution >= 0.6 is 34.5 Å². The molecule has 1 aromatic carbocycles. The highest BCUT2D eigenvalue weighted by Crippen LogP contribution is 2.35. The van der Waals surface area contributed by atoms with E-state index in [2.05, 4.69) is 9.71 Å². The Morgan fingerprint density at radius 1 is 1.28 bits per heavy atom. The molecule has 0 aliphatic rings. The van der Waals surface area contributed by atoms with Crippen LogP contribution in [-0.4, -0.2) is 25.1 Å². The molecule has 2 aromatic heterocycles. The van der Waals surface area contributed by atoms with Crippen molar-refractivity contribution in [2.45, 2.75) is 11.8 Å². The molecule has 0 atom stereocenters. The van der Waals surface area contributed by atoms with Gasteiger partial charge in [-0.2, -0.15) is 0 Å². The summed E-state index contributed by atoms with van der Waals surface area (Å²) in [5, 5.41) is 0. The number of hydrogen-bond donors (Lipinski definition) is 1. The molecular weight excluding hydrogens is 405 g/mol.